The van der Waals surface area contributed by atoms with Crippen molar-refractivity contribution in [2.45, 2.75) is 26.9 Å². The van der Waals surface area contributed by atoms with Gasteiger partial charge in [-0.3, -0.25) is 0 Å². The SMILES string of the molecule is CC(C)Cn1ncnc1CNCCOc1ccccc1. The number of benzene rings is 1. The summed E-state index contributed by atoms with van der Waals surface area (Å²) in [5.41, 5.74) is 0. The molecule has 0 saturated carbocycles. The van der Waals surface area contributed by atoms with Crippen molar-refractivity contribution in [2.24, 2.45) is 5.92 Å². The Bertz CT molecular complexity index is 496. The number of nitrogens with zero attached hydrogens (tertiary/aromatic N) is 3. The first-order valence-corrected chi connectivity index (χ1v) is 7.01. The molecule has 0 saturated heterocycles. The molecule has 0 aliphatic heterocycles. The van der Waals surface area contributed by atoms with E-state index in [1.807, 2.05) is 35.0 Å². The molecule has 1 heterocycles. The number of hydrogen-bond donors (Lipinski definition) is 1. The third-order valence-corrected chi connectivity index (χ3v) is 2.81. The second kappa shape index (κ2) is 7.65. The molecule has 1 aromatic carbocycles. The summed E-state index contributed by atoms with van der Waals surface area (Å²) in [6.07, 6.45) is 1.61. The van der Waals surface area contributed by atoms with Crippen LogP contribution in [0.3, 0.4) is 0 Å². The van der Waals surface area contributed by atoms with Crippen molar-refractivity contribution in [2.75, 3.05) is 13.2 Å². The maximum absolute atomic E-state index is 5.61. The van der Waals surface area contributed by atoms with E-state index in [1.165, 1.54) is 0 Å². The van der Waals surface area contributed by atoms with Crippen LogP contribution in [0, 0.1) is 5.92 Å². The lowest BCUT2D eigenvalue weighted by Gasteiger charge is -2.10. The maximum atomic E-state index is 5.61. The zero-order valence-electron chi connectivity index (χ0n) is 12.1. The molecule has 0 fully saturated rings. The third kappa shape index (κ3) is 4.66. The van der Waals surface area contributed by atoms with Gasteiger partial charge in [0.15, 0.2) is 0 Å². The van der Waals surface area contributed by atoms with E-state index < -0.39 is 0 Å². The van der Waals surface area contributed by atoms with E-state index in [4.69, 9.17) is 4.74 Å². The summed E-state index contributed by atoms with van der Waals surface area (Å²) < 4.78 is 7.57. The molecule has 0 aliphatic rings. The highest BCUT2D eigenvalue weighted by Crippen LogP contribution is 2.07. The number of para-hydroxylation sites is 1. The van der Waals surface area contributed by atoms with Crippen molar-refractivity contribution in [1.29, 1.82) is 0 Å². The largest absolute Gasteiger partial charge is 0.492 e. The highest BCUT2D eigenvalue weighted by Gasteiger charge is 2.05. The lowest BCUT2D eigenvalue weighted by molar-refractivity contribution is 0.312. The second-order valence-corrected chi connectivity index (χ2v) is 5.09. The van der Waals surface area contributed by atoms with Crippen LogP contribution in [0.15, 0.2) is 36.7 Å². The van der Waals surface area contributed by atoms with Gasteiger partial charge < -0.3 is 10.1 Å². The summed E-state index contributed by atoms with van der Waals surface area (Å²) in [7, 11) is 0. The second-order valence-electron chi connectivity index (χ2n) is 5.09. The molecule has 0 atom stereocenters. The van der Waals surface area contributed by atoms with Crippen molar-refractivity contribution in [3.8, 4) is 5.75 Å². The normalized spacial score (nSPS) is 10.9. The van der Waals surface area contributed by atoms with Gasteiger partial charge in [-0.2, -0.15) is 5.10 Å². The summed E-state index contributed by atoms with van der Waals surface area (Å²) in [5, 5.41) is 7.56. The first-order valence-electron chi connectivity index (χ1n) is 7.01. The Labute approximate surface area is 120 Å². The van der Waals surface area contributed by atoms with Gasteiger partial charge in [0.05, 0.1) is 6.54 Å². The van der Waals surface area contributed by atoms with Gasteiger partial charge in [0.2, 0.25) is 0 Å². The van der Waals surface area contributed by atoms with E-state index in [2.05, 4.69) is 29.2 Å². The minimum absolute atomic E-state index is 0.567. The topological polar surface area (TPSA) is 52.0 Å². The molecule has 0 spiro atoms. The Hall–Kier alpha value is -1.88. The van der Waals surface area contributed by atoms with Crippen LogP contribution >= 0.6 is 0 Å². The first kappa shape index (κ1) is 14.5. The van der Waals surface area contributed by atoms with Gasteiger partial charge in [0, 0.05) is 13.1 Å². The molecule has 20 heavy (non-hydrogen) atoms. The van der Waals surface area contributed by atoms with Gasteiger partial charge in [-0.05, 0) is 18.1 Å². The van der Waals surface area contributed by atoms with E-state index in [1.54, 1.807) is 6.33 Å². The lowest BCUT2D eigenvalue weighted by atomic mass is 10.2. The summed E-state index contributed by atoms with van der Waals surface area (Å²) in [5.74, 6) is 2.44. The smallest absolute Gasteiger partial charge is 0.140 e. The molecule has 0 unspecified atom stereocenters. The first-order chi connectivity index (χ1) is 9.75. The average molecular weight is 274 g/mol. The van der Waals surface area contributed by atoms with Gasteiger partial charge in [0.25, 0.3) is 0 Å². The fourth-order valence-electron chi connectivity index (χ4n) is 1.88. The zero-order valence-corrected chi connectivity index (χ0v) is 12.1. The van der Waals surface area contributed by atoms with Crippen LogP contribution in [0.1, 0.15) is 19.7 Å². The zero-order chi connectivity index (χ0) is 14.2. The maximum Gasteiger partial charge on any atom is 0.140 e. The summed E-state index contributed by atoms with van der Waals surface area (Å²) >= 11 is 0. The summed E-state index contributed by atoms with van der Waals surface area (Å²) in [6, 6.07) is 9.83. The molecule has 108 valence electrons. The van der Waals surface area contributed by atoms with Gasteiger partial charge in [0.1, 0.15) is 24.5 Å². The number of rotatable bonds is 8. The average Bonchev–Trinajstić information content (AvgIpc) is 2.86. The molecule has 5 heteroatoms. The van der Waals surface area contributed by atoms with Crippen LogP contribution in [-0.4, -0.2) is 27.9 Å². The van der Waals surface area contributed by atoms with Crippen molar-refractivity contribution < 1.29 is 4.74 Å². The van der Waals surface area contributed by atoms with Crippen LogP contribution in [0.2, 0.25) is 0 Å². The molecule has 0 amide bonds. The Morgan fingerprint density at radius 2 is 2.05 bits per heavy atom. The van der Waals surface area contributed by atoms with Crippen LogP contribution in [-0.2, 0) is 13.1 Å². The predicted molar refractivity (Wildman–Crippen MR) is 78.5 cm³/mol. The molecule has 0 bridgehead atoms. The van der Waals surface area contributed by atoms with Crippen molar-refractivity contribution >= 4 is 0 Å². The van der Waals surface area contributed by atoms with Crippen molar-refractivity contribution in [1.82, 2.24) is 20.1 Å². The minimum atomic E-state index is 0.567. The van der Waals surface area contributed by atoms with Crippen LogP contribution < -0.4 is 10.1 Å². The van der Waals surface area contributed by atoms with Crippen LogP contribution in [0.25, 0.3) is 0 Å². The fraction of sp³-hybridized carbons (Fsp3) is 0.467. The molecule has 1 aromatic heterocycles. The van der Waals surface area contributed by atoms with E-state index >= 15 is 0 Å². The van der Waals surface area contributed by atoms with E-state index in [-0.39, 0.29) is 0 Å². The van der Waals surface area contributed by atoms with Gasteiger partial charge in [-0.25, -0.2) is 9.67 Å². The van der Waals surface area contributed by atoms with Gasteiger partial charge >= 0.3 is 0 Å². The minimum Gasteiger partial charge on any atom is -0.492 e. The standard InChI is InChI=1S/C15H22N4O/c1-13(2)11-19-15(17-12-18-19)10-16-8-9-20-14-6-4-3-5-7-14/h3-7,12-13,16H,8-11H2,1-2H3. The number of aromatic nitrogens is 3. The van der Waals surface area contributed by atoms with E-state index in [9.17, 15) is 0 Å². The highest BCUT2D eigenvalue weighted by molar-refractivity contribution is 5.20. The number of ether oxygens (including phenoxy) is 1. The van der Waals surface area contributed by atoms with Gasteiger partial charge in [-0.15, -0.1) is 0 Å². The van der Waals surface area contributed by atoms with E-state index in [0.717, 1.165) is 24.7 Å². The molecule has 1 N–H and O–H groups in total. The molecular formula is C15H22N4O. The van der Waals surface area contributed by atoms with E-state index in [0.29, 0.717) is 19.1 Å². The summed E-state index contributed by atoms with van der Waals surface area (Å²) in [6.45, 7) is 7.38. The molecule has 2 aromatic rings. The summed E-state index contributed by atoms with van der Waals surface area (Å²) in [4.78, 5) is 4.27. The lowest BCUT2D eigenvalue weighted by Crippen LogP contribution is -2.23. The molecule has 2 rings (SSSR count). The van der Waals surface area contributed by atoms with Crippen LogP contribution in [0.5, 0.6) is 5.75 Å². The number of nitrogens with one attached hydrogen (secondary N) is 1. The Kier molecular flexibility index (Phi) is 5.55. The van der Waals surface area contributed by atoms with Crippen molar-refractivity contribution in [3.63, 3.8) is 0 Å². The van der Waals surface area contributed by atoms with Crippen LogP contribution in [0.4, 0.5) is 0 Å². The Balaban J connectivity index is 1.67. The van der Waals surface area contributed by atoms with Gasteiger partial charge in [-0.1, -0.05) is 32.0 Å². The quantitative estimate of drug-likeness (QED) is 0.749. The predicted octanol–water partition coefficient (Wildman–Crippen LogP) is 2.10. The molecule has 0 aliphatic carbocycles. The van der Waals surface area contributed by atoms with Crippen molar-refractivity contribution in [3.05, 3.63) is 42.5 Å². The molecule has 0 radical (unpaired) electrons. The molecule has 5 nitrogen and oxygen atoms in total. The Morgan fingerprint density at radius 3 is 2.80 bits per heavy atom. The highest BCUT2D eigenvalue weighted by atomic mass is 16.5. The third-order valence-electron chi connectivity index (χ3n) is 2.81. The molecular weight excluding hydrogens is 252 g/mol. The Morgan fingerprint density at radius 1 is 1.25 bits per heavy atom. The number of hydrogen-bond acceptors (Lipinski definition) is 4. The fourth-order valence-corrected chi connectivity index (χ4v) is 1.88. The monoisotopic (exact) mass is 274 g/mol.